The van der Waals surface area contributed by atoms with E-state index >= 15 is 0 Å². The highest BCUT2D eigenvalue weighted by molar-refractivity contribution is 9.10. The molecule has 0 amide bonds. The molecule has 0 atom stereocenters. The van der Waals surface area contributed by atoms with Crippen LogP contribution in [0.15, 0.2) is 34.1 Å². The maximum Gasteiger partial charge on any atom is 0.0484 e. The minimum Gasteiger partial charge on any atom is -0.310 e. The van der Waals surface area contributed by atoms with Crippen molar-refractivity contribution < 1.29 is 0 Å². The second kappa shape index (κ2) is 6.20. The van der Waals surface area contributed by atoms with E-state index < -0.39 is 0 Å². The standard InChI is InChI=1S/C14H15BrClNS/c1-9(2)17-8-11-7-10(3-4-13(11)16)14-12(15)5-6-18-14/h3-7,9,17H,8H2,1-2H3. The van der Waals surface area contributed by atoms with E-state index in [1.165, 1.54) is 10.4 Å². The van der Waals surface area contributed by atoms with Crippen molar-refractivity contribution in [3.05, 3.63) is 44.7 Å². The first-order chi connectivity index (χ1) is 8.58. The number of hydrogen-bond acceptors (Lipinski definition) is 2. The molecule has 0 unspecified atom stereocenters. The van der Waals surface area contributed by atoms with Crippen LogP contribution in [0.4, 0.5) is 0 Å². The molecule has 1 aromatic heterocycles. The highest BCUT2D eigenvalue weighted by atomic mass is 79.9. The zero-order valence-corrected chi connectivity index (χ0v) is 13.5. The molecule has 2 aromatic rings. The minimum atomic E-state index is 0.457. The van der Waals surface area contributed by atoms with Crippen LogP contribution in [0.25, 0.3) is 10.4 Å². The quantitative estimate of drug-likeness (QED) is 0.790. The van der Waals surface area contributed by atoms with Gasteiger partial charge in [-0.2, -0.15) is 0 Å². The van der Waals surface area contributed by atoms with Gasteiger partial charge in [0.2, 0.25) is 0 Å². The second-order valence-electron chi connectivity index (χ2n) is 4.44. The lowest BCUT2D eigenvalue weighted by molar-refractivity contribution is 0.589. The van der Waals surface area contributed by atoms with E-state index in [0.717, 1.165) is 21.6 Å². The van der Waals surface area contributed by atoms with Crippen LogP contribution < -0.4 is 5.32 Å². The van der Waals surface area contributed by atoms with Crippen molar-refractivity contribution in [2.45, 2.75) is 26.4 Å². The summed E-state index contributed by atoms with van der Waals surface area (Å²) in [6, 6.07) is 8.73. The fraction of sp³-hybridized carbons (Fsp3) is 0.286. The maximum absolute atomic E-state index is 6.23. The average Bonchev–Trinajstić information content (AvgIpc) is 2.74. The molecule has 1 N–H and O–H groups in total. The third kappa shape index (κ3) is 3.35. The van der Waals surface area contributed by atoms with Gasteiger partial charge in [0.25, 0.3) is 0 Å². The largest absolute Gasteiger partial charge is 0.310 e. The summed E-state index contributed by atoms with van der Waals surface area (Å²) in [5.41, 5.74) is 2.35. The normalized spacial score (nSPS) is 11.2. The molecule has 0 radical (unpaired) electrons. The summed E-state index contributed by atoms with van der Waals surface area (Å²) < 4.78 is 1.14. The van der Waals surface area contributed by atoms with Crippen molar-refractivity contribution in [2.75, 3.05) is 0 Å². The molecular weight excluding hydrogens is 330 g/mol. The van der Waals surface area contributed by atoms with Crippen LogP contribution >= 0.6 is 38.9 Å². The highest BCUT2D eigenvalue weighted by Gasteiger charge is 2.08. The number of thiophene rings is 1. The van der Waals surface area contributed by atoms with Crippen LogP contribution in [0.3, 0.4) is 0 Å². The van der Waals surface area contributed by atoms with Gasteiger partial charge in [-0.05, 0) is 50.6 Å². The summed E-state index contributed by atoms with van der Waals surface area (Å²) in [5, 5.41) is 6.30. The van der Waals surface area contributed by atoms with Crippen LogP contribution in [0, 0.1) is 0 Å². The van der Waals surface area contributed by atoms with Crippen LogP contribution in [0.2, 0.25) is 5.02 Å². The third-order valence-electron chi connectivity index (χ3n) is 2.63. The molecule has 0 saturated carbocycles. The van der Waals surface area contributed by atoms with Gasteiger partial charge in [-0.15, -0.1) is 11.3 Å². The summed E-state index contributed by atoms with van der Waals surface area (Å²) in [6.45, 7) is 5.06. The number of benzene rings is 1. The topological polar surface area (TPSA) is 12.0 Å². The molecule has 4 heteroatoms. The van der Waals surface area contributed by atoms with Crippen LogP contribution in [-0.4, -0.2) is 6.04 Å². The molecule has 2 rings (SSSR count). The molecule has 0 aliphatic rings. The molecule has 0 saturated heterocycles. The number of hydrogen-bond donors (Lipinski definition) is 1. The van der Waals surface area contributed by atoms with Crippen molar-refractivity contribution in [3.8, 4) is 10.4 Å². The van der Waals surface area contributed by atoms with Crippen molar-refractivity contribution in [2.24, 2.45) is 0 Å². The Balaban J connectivity index is 2.29. The van der Waals surface area contributed by atoms with Gasteiger partial charge >= 0.3 is 0 Å². The summed E-state index contributed by atoms with van der Waals surface area (Å²) >= 11 is 11.5. The lowest BCUT2D eigenvalue weighted by Crippen LogP contribution is -2.21. The molecule has 0 fully saturated rings. The molecule has 1 aromatic carbocycles. The predicted octanol–water partition coefficient (Wildman–Crippen LogP) is 5.33. The van der Waals surface area contributed by atoms with Gasteiger partial charge in [-0.25, -0.2) is 0 Å². The highest BCUT2D eigenvalue weighted by Crippen LogP contribution is 2.35. The van der Waals surface area contributed by atoms with E-state index in [1.54, 1.807) is 11.3 Å². The van der Waals surface area contributed by atoms with Crippen LogP contribution in [0.1, 0.15) is 19.4 Å². The number of halogens is 2. The molecule has 1 heterocycles. The molecule has 0 bridgehead atoms. The van der Waals surface area contributed by atoms with Crippen LogP contribution in [0.5, 0.6) is 0 Å². The van der Waals surface area contributed by atoms with Gasteiger partial charge in [0.05, 0.1) is 0 Å². The van der Waals surface area contributed by atoms with E-state index in [9.17, 15) is 0 Å². The van der Waals surface area contributed by atoms with Crippen molar-refractivity contribution in [1.29, 1.82) is 0 Å². The van der Waals surface area contributed by atoms with Crippen LogP contribution in [-0.2, 0) is 6.54 Å². The Kier molecular flexibility index (Phi) is 4.84. The first kappa shape index (κ1) is 14.1. The van der Waals surface area contributed by atoms with Gasteiger partial charge < -0.3 is 5.32 Å². The monoisotopic (exact) mass is 343 g/mol. The van der Waals surface area contributed by atoms with Gasteiger partial charge in [-0.1, -0.05) is 31.5 Å². The molecule has 96 valence electrons. The van der Waals surface area contributed by atoms with E-state index in [-0.39, 0.29) is 0 Å². The summed E-state index contributed by atoms with van der Waals surface area (Å²) in [4.78, 5) is 1.25. The second-order valence-corrected chi connectivity index (χ2v) is 6.62. The Morgan fingerprint density at radius 3 is 2.72 bits per heavy atom. The van der Waals surface area contributed by atoms with Crippen molar-refractivity contribution >= 4 is 38.9 Å². The first-order valence-electron chi connectivity index (χ1n) is 5.83. The molecule has 0 aliphatic carbocycles. The Morgan fingerprint density at radius 2 is 2.11 bits per heavy atom. The first-order valence-corrected chi connectivity index (χ1v) is 7.88. The molecule has 0 aliphatic heterocycles. The average molecular weight is 345 g/mol. The Labute approximate surface area is 125 Å². The Bertz CT molecular complexity index is 536. The maximum atomic E-state index is 6.23. The molecule has 0 spiro atoms. The van der Waals surface area contributed by atoms with E-state index in [0.29, 0.717) is 6.04 Å². The summed E-state index contributed by atoms with van der Waals surface area (Å²) in [6.07, 6.45) is 0. The smallest absolute Gasteiger partial charge is 0.0484 e. The van der Waals surface area contributed by atoms with Gasteiger partial charge in [0.15, 0.2) is 0 Å². The number of nitrogens with one attached hydrogen (secondary N) is 1. The van der Waals surface area contributed by atoms with Gasteiger partial charge in [0.1, 0.15) is 0 Å². The van der Waals surface area contributed by atoms with Gasteiger partial charge in [-0.3, -0.25) is 0 Å². The van der Waals surface area contributed by atoms with E-state index in [2.05, 4.69) is 58.7 Å². The summed E-state index contributed by atoms with van der Waals surface area (Å²) in [7, 11) is 0. The molecule has 18 heavy (non-hydrogen) atoms. The third-order valence-corrected chi connectivity index (χ3v) is 4.88. The minimum absolute atomic E-state index is 0.457. The fourth-order valence-electron chi connectivity index (χ4n) is 1.67. The van der Waals surface area contributed by atoms with Crippen molar-refractivity contribution in [1.82, 2.24) is 5.32 Å². The molecule has 1 nitrogen and oxygen atoms in total. The fourth-order valence-corrected chi connectivity index (χ4v) is 3.45. The van der Waals surface area contributed by atoms with Gasteiger partial charge in [0, 0.05) is 27.0 Å². The Hall–Kier alpha value is -0.350. The molecular formula is C14H15BrClNS. The zero-order chi connectivity index (χ0) is 13.1. The predicted molar refractivity (Wildman–Crippen MR) is 84.4 cm³/mol. The lowest BCUT2D eigenvalue weighted by Gasteiger charge is -2.11. The zero-order valence-electron chi connectivity index (χ0n) is 10.3. The van der Waals surface area contributed by atoms with Crippen molar-refractivity contribution in [3.63, 3.8) is 0 Å². The number of rotatable bonds is 4. The summed E-state index contributed by atoms with van der Waals surface area (Å²) in [5.74, 6) is 0. The SMILES string of the molecule is CC(C)NCc1cc(-c2sccc2Br)ccc1Cl. The van der Waals surface area contributed by atoms with E-state index in [1.807, 2.05) is 6.07 Å². The Morgan fingerprint density at radius 1 is 1.33 bits per heavy atom. The van der Waals surface area contributed by atoms with E-state index in [4.69, 9.17) is 11.6 Å². The lowest BCUT2D eigenvalue weighted by atomic mass is 10.1.